The van der Waals surface area contributed by atoms with Crippen LogP contribution in [-0.4, -0.2) is 24.0 Å². The summed E-state index contributed by atoms with van der Waals surface area (Å²) in [6.45, 7) is 2.47. The van der Waals surface area contributed by atoms with E-state index in [0.29, 0.717) is 17.3 Å². The summed E-state index contributed by atoms with van der Waals surface area (Å²) in [5.74, 6) is 0.506. The van der Waals surface area contributed by atoms with E-state index in [1.165, 1.54) is 10.9 Å². The van der Waals surface area contributed by atoms with Gasteiger partial charge in [0.1, 0.15) is 5.75 Å². The Bertz CT molecular complexity index is 857. The number of H-pyrrole nitrogens is 1. The average molecular weight is 343 g/mol. The van der Waals surface area contributed by atoms with Crippen molar-refractivity contribution < 1.29 is 9.53 Å². The van der Waals surface area contributed by atoms with Crippen molar-refractivity contribution in [3.8, 4) is 5.75 Å². The maximum atomic E-state index is 11.9. The molecule has 4 nitrogen and oxygen atoms in total. The second-order valence-corrected chi connectivity index (χ2v) is 6.07. The fourth-order valence-electron chi connectivity index (χ4n) is 2.58. The van der Waals surface area contributed by atoms with E-state index in [2.05, 4.69) is 16.4 Å². The normalized spacial score (nSPS) is 10.8. The highest BCUT2D eigenvalue weighted by molar-refractivity contribution is 6.31. The van der Waals surface area contributed by atoms with Gasteiger partial charge in [-0.15, -0.1) is 0 Å². The predicted molar refractivity (Wildman–Crippen MR) is 96.7 cm³/mol. The highest BCUT2D eigenvalue weighted by Crippen LogP contribution is 2.21. The van der Waals surface area contributed by atoms with Gasteiger partial charge in [-0.05, 0) is 48.7 Å². The Balaban J connectivity index is 1.46. The van der Waals surface area contributed by atoms with E-state index in [-0.39, 0.29) is 12.5 Å². The van der Waals surface area contributed by atoms with Gasteiger partial charge < -0.3 is 15.0 Å². The number of fused-ring (bicyclic) bond motifs is 1. The number of aryl methyl sites for hydroxylation is 1. The minimum atomic E-state index is -0.137. The van der Waals surface area contributed by atoms with Gasteiger partial charge in [-0.1, -0.05) is 29.8 Å². The number of carbonyl (C=O) groups excluding carboxylic acids is 1. The second kappa shape index (κ2) is 7.41. The Morgan fingerprint density at radius 1 is 1.25 bits per heavy atom. The predicted octanol–water partition coefficient (Wildman–Crippen LogP) is 3.87. The van der Waals surface area contributed by atoms with E-state index >= 15 is 0 Å². The summed E-state index contributed by atoms with van der Waals surface area (Å²) < 4.78 is 5.48. The van der Waals surface area contributed by atoms with Crippen molar-refractivity contribution in [3.63, 3.8) is 0 Å². The summed E-state index contributed by atoms with van der Waals surface area (Å²) in [4.78, 5) is 15.1. The molecule has 0 aliphatic rings. The number of hydrogen-bond donors (Lipinski definition) is 2. The topological polar surface area (TPSA) is 54.1 Å². The Kier molecular flexibility index (Phi) is 5.06. The number of nitrogens with one attached hydrogen (secondary N) is 2. The molecule has 0 saturated carbocycles. The van der Waals surface area contributed by atoms with E-state index in [9.17, 15) is 4.79 Å². The largest absolute Gasteiger partial charge is 0.484 e. The molecule has 3 aromatic rings. The van der Waals surface area contributed by atoms with Crippen LogP contribution >= 0.6 is 11.6 Å². The molecule has 2 aromatic carbocycles. The number of aromatic nitrogens is 1. The van der Waals surface area contributed by atoms with Crippen molar-refractivity contribution in [2.75, 3.05) is 13.2 Å². The number of ether oxygens (including phenoxy) is 1. The third kappa shape index (κ3) is 3.89. The van der Waals surface area contributed by atoms with E-state index in [1.807, 2.05) is 37.4 Å². The Hall–Kier alpha value is -2.46. The number of halogens is 1. The maximum absolute atomic E-state index is 11.9. The summed E-state index contributed by atoms with van der Waals surface area (Å²) in [5.41, 5.74) is 3.23. The number of rotatable bonds is 6. The van der Waals surface area contributed by atoms with Crippen LogP contribution in [0, 0.1) is 6.92 Å². The zero-order chi connectivity index (χ0) is 16.9. The van der Waals surface area contributed by atoms with Crippen LogP contribution in [0.25, 0.3) is 10.9 Å². The molecule has 5 heteroatoms. The van der Waals surface area contributed by atoms with E-state index in [1.54, 1.807) is 12.1 Å². The van der Waals surface area contributed by atoms with Crippen LogP contribution in [-0.2, 0) is 11.2 Å². The number of benzene rings is 2. The van der Waals surface area contributed by atoms with Crippen LogP contribution in [0.1, 0.15) is 11.1 Å². The van der Waals surface area contributed by atoms with E-state index in [0.717, 1.165) is 17.5 Å². The highest BCUT2D eigenvalue weighted by Gasteiger charge is 2.06. The monoisotopic (exact) mass is 342 g/mol. The molecule has 0 atom stereocenters. The summed E-state index contributed by atoms with van der Waals surface area (Å²) in [6, 6.07) is 13.5. The smallest absolute Gasteiger partial charge is 0.257 e. The first-order valence-corrected chi connectivity index (χ1v) is 8.22. The van der Waals surface area contributed by atoms with Crippen LogP contribution in [0.5, 0.6) is 5.75 Å². The number of carbonyl (C=O) groups is 1. The van der Waals surface area contributed by atoms with Crippen molar-refractivity contribution >= 4 is 28.4 Å². The van der Waals surface area contributed by atoms with Crippen LogP contribution in [0.15, 0.2) is 48.7 Å². The average Bonchev–Trinajstić information content (AvgIpc) is 2.99. The minimum absolute atomic E-state index is 0.00500. The van der Waals surface area contributed by atoms with Gasteiger partial charge in [0.15, 0.2) is 6.61 Å². The molecular weight excluding hydrogens is 324 g/mol. The van der Waals surface area contributed by atoms with Gasteiger partial charge in [0.05, 0.1) is 0 Å². The molecule has 0 unspecified atom stereocenters. The summed E-state index contributed by atoms with van der Waals surface area (Å²) in [5, 5.41) is 4.76. The van der Waals surface area contributed by atoms with Crippen LogP contribution < -0.4 is 10.1 Å². The molecule has 0 aliphatic heterocycles. The highest BCUT2D eigenvalue weighted by atomic mass is 35.5. The Morgan fingerprint density at radius 2 is 2.08 bits per heavy atom. The van der Waals surface area contributed by atoms with Gasteiger partial charge >= 0.3 is 0 Å². The number of amides is 1. The van der Waals surface area contributed by atoms with Crippen molar-refractivity contribution in [1.82, 2.24) is 10.3 Å². The molecule has 0 saturated heterocycles. The molecule has 2 N–H and O–H groups in total. The molecule has 1 amide bonds. The lowest BCUT2D eigenvalue weighted by Gasteiger charge is -2.08. The summed E-state index contributed by atoms with van der Waals surface area (Å²) in [7, 11) is 0. The summed E-state index contributed by atoms with van der Waals surface area (Å²) >= 11 is 5.96. The van der Waals surface area contributed by atoms with Crippen LogP contribution in [0.4, 0.5) is 0 Å². The SMILES string of the molecule is Cc1cc(OCC(=O)NCCc2c[nH]c3ccccc23)ccc1Cl. The molecule has 24 heavy (non-hydrogen) atoms. The number of aromatic amines is 1. The third-order valence-corrected chi connectivity index (χ3v) is 4.31. The van der Waals surface area contributed by atoms with Crippen molar-refractivity contribution in [2.24, 2.45) is 0 Å². The molecular formula is C19H19ClN2O2. The maximum Gasteiger partial charge on any atom is 0.257 e. The number of para-hydroxylation sites is 1. The lowest BCUT2D eigenvalue weighted by Crippen LogP contribution is -2.30. The minimum Gasteiger partial charge on any atom is -0.484 e. The molecule has 0 bridgehead atoms. The first kappa shape index (κ1) is 16.4. The molecule has 1 aromatic heterocycles. The van der Waals surface area contributed by atoms with Gasteiger partial charge in [-0.2, -0.15) is 0 Å². The molecule has 0 radical (unpaired) electrons. The molecule has 3 rings (SSSR count). The summed E-state index contributed by atoms with van der Waals surface area (Å²) in [6.07, 6.45) is 2.76. The number of hydrogen-bond acceptors (Lipinski definition) is 2. The van der Waals surface area contributed by atoms with Gasteiger partial charge in [-0.3, -0.25) is 4.79 Å². The van der Waals surface area contributed by atoms with Crippen molar-refractivity contribution in [1.29, 1.82) is 0 Å². The Morgan fingerprint density at radius 3 is 2.92 bits per heavy atom. The molecule has 0 aliphatic carbocycles. The zero-order valence-corrected chi connectivity index (χ0v) is 14.2. The molecule has 0 spiro atoms. The fourth-order valence-corrected chi connectivity index (χ4v) is 2.70. The quantitative estimate of drug-likeness (QED) is 0.714. The van der Waals surface area contributed by atoms with E-state index in [4.69, 9.17) is 16.3 Å². The van der Waals surface area contributed by atoms with Crippen molar-refractivity contribution in [3.05, 3.63) is 64.8 Å². The molecule has 1 heterocycles. The Labute approximate surface area is 145 Å². The molecule has 0 fully saturated rings. The van der Waals surface area contributed by atoms with E-state index < -0.39 is 0 Å². The second-order valence-electron chi connectivity index (χ2n) is 5.66. The van der Waals surface area contributed by atoms with Gasteiger partial charge in [0.2, 0.25) is 0 Å². The first-order valence-electron chi connectivity index (χ1n) is 7.84. The van der Waals surface area contributed by atoms with Gasteiger partial charge in [0, 0.05) is 28.7 Å². The molecule has 124 valence electrons. The fraction of sp³-hybridized carbons (Fsp3) is 0.211. The van der Waals surface area contributed by atoms with Crippen LogP contribution in [0.2, 0.25) is 5.02 Å². The zero-order valence-electron chi connectivity index (χ0n) is 13.4. The van der Waals surface area contributed by atoms with Crippen molar-refractivity contribution in [2.45, 2.75) is 13.3 Å². The van der Waals surface area contributed by atoms with Gasteiger partial charge in [-0.25, -0.2) is 0 Å². The standard InChI is InChI=1S/C19H19ClN2O2/c1-13-10-15(6-7-17(13)20)24-12-19(23)21-9-8-14-11-22-18-5-3-2-4-16(14)18/h2-7,10-11,22H,8-9,12H2,1H3,(H,21,23). The first-order chi connectivity index (χ1) is 11.6. The van der Waals surface area contributed by atoms with Crippen LogP contribution in [0.3, 0.4) is 0 Å². The third-order valence-electron chi connectivity index (χ3n) is 3.89. The lowest BCUT2D eigenvalue weighted by atomic mass is 10.1. The van der Waals surface area contributed by atoms with Gasteiger partial charge in [0.25, 0.3) is 5.91 Å². The lowest BCUT2D eigenvalue weighted by molar-refractivity contribution is -0.123.